The largest absolute Gasteiger partial charge is 0.354 e. The summed E-state index contributed by atoms with van der Waals surface area (Å²) in [4.78, 5) is 38.5. The molecule has 0 bridgehead atoms. The fourth-order valence-corrected chi connectivity index (χ4v) is 2.57. The van der Waals surface area contributed by atoms with E-state index in [1.54, 1.807) is 32.0 Å². The number of amides is 2. The number of carbonyl (C=O) groups is 3. The van der Waals surface area contributed by atoms with Crippen LogP contribution in [0.25, 0.3) is 0 Å². The third-order valence-electron chi connectivity index (χ3n) is 3.39. The molecule has 7 heteroatoms. The van der Waals surface area contributed by atoms with Gasteiger partial charge in [-0.25, -0.2) is 0 Å². The number of hydrogen-bond donors (Lipinski definition) is 3. The second kappa shape index (κ2) is 6.66. The van der Waals surface area contributed by atoms with Gasteiger partial charge in [0, 0.05) is 21.8 Å². The lowest BCUT2D eigenvalue weighted by atomic mass is 10.1. The maximum absolute atomic E-state index is 12.2. The average Bonchev–Trinajstić information content (AvgIpc) is 2.79. The van der Waals surface area contributed by atoms with E-state index in [4.69, 9.17) is 11.6 Å². The molecule has 1 aromatic carbocycles. The molecule has 1 heterocycles. The van der Waals surface area contributed by atoms with E-state index in [2.05, 4.69) is 15.8 Å². The number of H-pyrrole nitrogens is 1. The van der Waals surface area contributed by atoms with Gasteiger partial charge in [0.1, 0.15) is 5.69 Å². The third-order valence-corrected chi connectivity index (χ3v) is 3.63. The van der Waals surface area contributed by atoms with Gasteiger partial charge in [-0.1, -0.05) is 17.7 Å². The van der Waals surface area contributed by atoms with Crippen LogP contribution in [0.1, 0.15) is 49.4 Å². The quantitative estimate of drug-likeness (QED) is 0.595. The first-order valence-corrected chi connectivity index (χ1v) is 7.25. The molecule has 0 saturated heterocycles. The van der Waals surface area contributed by atoms with Crippen molar-refractivity contribution < 1.29 is 14.4 Å². The summed E-state index contributed by atoms with van der Waals surface area (Å²) in [6.45, 7) is 4.82. The molecule has 120 valence electrons. The molecule has 0 aliphatic rings. The second-order valence-electron chi connectivity index (χ2n) is 5.10. The third kappa shape index (κ3) is 3.60. The Morgan fingerprint density at radius 3 is 2.30 bits per heavy atom. The molecule has 0 fully saturated rings. The summed E-state index contributed by atoms with van der Waals surface area (Å²) in [5.41, 5.74) is 6.82. The zero-order valence-corrected chi connectivity index (χ0v) is 13.7. The van der Waals surface area contributed by atoms with Crippen LogP contribution in [-0.4, -0.2) is 22.6 Å². The maximum Gasteiger partial charge on any atom is 0.286 e. The molecule has 0 aliphatic carbocycles. The number of hydrogen-bond acceptors (Lipinski definition) is 3. The van der Waals surface area contributed by atoms with Crippen molar-refractivity contribution in [2.45, 2.75) is 20.8 Å². The maximum atomic E-state index is 12.2. The fraction of sp³-hybridized carbons (Fsp3) is 0.188. The van der Waals surface area contributed by atoms with Crippen LogP contribution >= 0.6 is 11.6 Å². The first kappa shape index (κ1) is 16.8. The van der Waals surface area contributed by atoms with Gasteiger partial charge in [-0.3, -0.25) is 25.2 Å². The van der Waals surface area contributed by atoms with E-state index >= 15 is 0 Å². The normalized spacial score (nSPS) is 10.3. The van der Waals surface area contributed by atoms with E-state index in [9.17, 15) is 14.4 Å². The Balaban J connectivity index is 2.10. The smallest absolute Gasteiger partial charge is 0.286 e. The SMILES string of the molecule is CC(=O)c1c(C)[nH]c(C(=O)NNC(=O)c2cccc(Cl)c2)c1C. The topological polar surface area (TPSA) is 91.1 Å². The first-order valence-electron chi connectivity index (χ1n) is 6.87. The molecule has 0 atom stereocenters. The lowest BCUT2D eigenvalue weighted by Gasteiger charge is -2.07. The molecule has 0 aliphatic heterocycles. The Kier molecular flexibility index (Phi) is 4.86. The molecule has 2 rings (SSSR count). The lowest BCUT2D eigenvalue weighted by molar-refractivity contribution is 0.0844. The number of ketones is 1. The van der Waals surface area contributed by atoms with Gasteiger partial charge in [0.2, 0.25) is 0 Å². The molecular formula is C16H16ClN3O3. The van der Waals surface area contributed by atoms with Gasteiger partial charge in [0.15, 0.2) is 5.78 Å². The highest BCUT2D eigenvalue weighted by molar-refractivity contribution is 6.31. The number of nitrogens with one attached hydrogen (secondary N) is 3. The lowest BCUT2D eigenvalue weighted by Crippen LogP contribution is -2.42. The molecule has 0 saturated carbocycles. The summed E-state index contributed by atoms with van der Waals surface area (Å²) in [5.74, 6) is -1.15. The standard InChI is InChI=1S/C16H16ClN3O3/c1-8-13(10(3)21)9(2)18-14(8)16(23)20-19-15(22)11-5-4-6-12(17)7-11/h4-7,18H,1-3H3,(H,19,22)(H,20,23). The van der Waals surface area contributed by atoms with E-state index in [0.717, 1.165) is 0 Å². The Morgan fingerprint density at radius 1 is 1.09 bits per heavy atom. The zero-order chi connectivity index (χ0) is 17.1. The number of rotatable bonds is 3. The van der Waals surface area contributed by atoms with Crippen LogP contribution in [0.15, 0.2) is 24.3 Å². The Hall–Kier alpha value is -2.60. The van der Waals surface area contributed by atoms with Crippen LogP contribution in [0, 0.1) is 13.8 Å². The number of halogens is 1. The van der Waals surface area contributed by atoms with Gasteiger partial charge in [-0.2, -0.15) is 0 Å². The molecule has 23 heavy (non-hydrogen) atoms. The van der Waals surface area contributed by atoms with Crippen LogP contribution in [-0.2, 0) is 0 Å². The fourth-order valence-electron chi connectivity index (χ4n) is 2.38. The van der Waals surface area contributed by atoms with Crippen LogP contribution in [0.3, 0.4) is 0 Å². The highest BCUT2D eigenvalue weighted by Gasteiger charge is 2.20. The number of aromatic nitrogens is 1. The van der Waals surface area contributed by atoms with E-state index < -0.39 is 11.8 Å². The van der Waals surface area contributed by atoms with Gasteiger partial charge >= 0.3 is 0 Å². The molecular weight excluding hydrogens is 318 g/mol. The number of aromatic amines is 1. The van der Waals surface area contributed by atoms with Crippen molar-refractivity contribution in [1.29, 1.82) is 0 Å². The van der Waals surface area contributed by atoms with Crippen LogP contribution in [0.4, 0.5) is 0 Å². The van der Waals surface area contributed by atoms with Gasteiger partial charge in [-0.05, 0) is 44.5 Å². The summed E-state index contributed by atoms with van der Waals surface area (Å²) in [7, 11) is 0. The predicted octanol–water partition coefficient (Wildman–Crippen LogP) is 2.56. The number of benzene rings is 1. The van der Waals surface area contributed by atoms with Gasteiger partial charge in [-0.15, -0.1) is 0 Å². The van der Waals surface area contributed by atoms with Crippen LogP contribution < -0.4 is 10.9 Å². The van der Waals surface area contributed by atoms with Crippen molar-refractivity contribution in [3.63, 3.8) is 0 Å². The molecule has 3 N–H and O–H groups in total. The van der Waals surface area contributed by atoms with Crippen molar-refractivity contribution in [3.8, 4) is 0 Å². The molecule has 2 aromatic rings. The summed E-state index contributed by atoms with van der Waals surface area (Å²) < 4.78 is 0. The van der Waals surface area contributed by atoms with Gasteiger partial charge in [0.25, 0.3) is 11.8 Å². The number of aryl methyl sites for hydroxylation is 1. The number of Topliss-reactive ketones (excluding diaryl/α,β-unsaturated/α-hetero) is 1. The Labute approximate surface area is 138 Å². The minimum atomic E-state index is -0.534. The van der Waals surface area contributed by atoms with Crippen molar-refractivity contribution >= 4 is 29.2 Å². The summed E-state index contributed by atoms with van der Waals surface area (Å²) in [5, 5.41) is 0.422. The molecule has 2 amide bonds. The second-order valence-corrected chi connectivity index (χ2v) is 5.54. The molecule has 1 aromatic heterocycles. The molecule has 6 nitrogen and oxygen atoms in total. The molecule has 0 radical (unpaired) electrons. The Bertz CT molecular complexity index is 796. The molecule has 0 spiro atoms. The molecule has 0 unspecified atom stereocenters. The van der Waals surface area contributed by atoms with Crippen molar-refractivity contribution in [1.82, 2.24) is 15.8 Å². The summed E-state index contributed by atoms with van der Waals surface area (Å²) in [6.07, 6.45) is 0. The van der Waals surface area contributed by atoms with Crippen LogP contribution in [0.2, 0.25) is 5.02 Å². The Morgan fingerprint density at radius 2 is 1.74 bits per heavy atom. The number of hydrazine groups is 1. The van der Waals surface area contributed by atoms with Crippen molar-refractivity contribution in [2.75, 3.05) is 0 Å². The van der Waals surface area contributed by atoms with E-state index in [0.29, 0.717) is 27.4 Å². The van der Waals surface area contributed by atoms with Crippen LogP contribution in [0.5, 0.6) is 0 Å². The highest BCUT2D eigenvalue weighted by Crippen LogP contribution is 2.18. The summed E-state index contributed by atoms with van der Waals surface area (Å²) >= 11 is 5.81. The summed E-state index contributed by atoms with van der Waals surface area (Å²) in [6, 6.07) is 6.34. The predicted molar refractivity (Wildman–Crippen MR) is 86.7 cm³/mol. The van der Waals surface area contributed by atoms with Gasteiger partial charge < -0.3 is 4.98 Å². The zero-order valence-electron chi connectivity index (χ0n) is 12.9. The highest BCUT2D eigenvalue weighted by atomic mass is 35.5. The van der Waals surface area contributed by atoms with E-state index in [-0.39, 0.29) is 11.5 Å². The minimum Gasteiger partial charge on any atom is -0.354 e. The number of carbonyl (C=O) groups excluding carboxylic acids is 3. The minimum absolute atomic E-state index is 0.127. The van der Waals surface area contributed by atoms with E-state index in [1.807, 2.05) is 0 Å². The first-order chi connectivity index (χ1) is 10.8. The van der Waals surface area contributed by atoms with E-state index in [1.165, 1.54) is 13.0 Å². The van der Waals surface area contributed by atoms with Crippen molar-refractivity contribution in [2.24, 2.45) is 0 Å². The van der Waals surface area contributed by atoms with Gasteiger partial charge in [0.05, 0.1) is 0 Å². The monoisotopic (exact) mass is 333 g/mol. The van der Waals surface area contributed by atoms with Crippen molar-refractivity contribution in [3.05, 3.63) is 57.4 Å². The average molecular weight is 334 g/mol.